The van der Waals surface area contributed by atoms with Crippen LogP contribution in [0.1, 0.15) is 58.1 Å². The smallest absolute Gasteiger partial charge is 0.446 e. The second-order valence-corrected chi connectivity index (χ2v) is 17.9. The summed E-state index contributed by atoms with van der Waals surface area (Å²) < 4.78 is 54.0. The normalized spacial score (nSPS) is 16.1. The number of hydrogen-bond donors (Lipinski definition) is 5. The first-order valence-corrected chi connectivity index (χ1v) is 22.2. The Hall–Kier alpha value is -5.55. The summed E-state index contributed by atoms with van der Waals surface area (Å²) in [6.07, 6.45) is 1.49. The highest BCUT2D eigenvalue weighted by atomic mass is 35.5. The number of nitrogens with two attached hydrogens (primary N) is 1. The molecule has 5 aromatic carbocycles. The standard InChI is InChI=1S/C45H43ClF3N5O6S2/c46-32-6-1-27(2-7-32)37-15-5-31(42(56)51-33-8-12-35(13-9-33)54-23-19-30(20-24-54)44(58)59)25-38(37)41(55)28-17-21-53(22-18-28)34-10-3-29(4-11-34)43(57)52-62(60)36-14-16-39(50)40(26-36)61-45(47,48)49/h1-16,25-26,28,30,41,55H,17-24,50H2,(H,51,56)(H,52,57)(H,58,59). The lowest BCUT2D eigenvalue weighted by atomic mass is 9.83. The number of amides is 2. The van der Waals surface area contributed by atoms with E-state index in [0.29, 0.717) is 73.7 Å². The van der Waals surface area contributed by atoms with Crippen molar-refractivity contribution in [1.82, 2.24) is 4.72 Å². The number of carboxylic acid groups (broad SMARTS) is 1. The number of carboxylic acids is 1. The Balaban J connectivity index is 0.989. The number of benzene rings is 5. The molecule has 62 heavy (non-hydrogen) atoms. The molecule has 2 unspecified atom stereocenters. The maximum Gasteiger partial charge on any atom is 0.446 e. The molecule has 0 radical (unpaired) electrons. The zero-order valence-electron chi connectivity index (χ0n) is 33.1. The van der Waals surface area contributed by atoms with Crippen LogP contribution in [0.25, 0.3) is 11.1 Å². The number of rotatable bonds is 12. The lowest BCUT2D eigenvalue weighted by Crippen LogP contribution is -2.36. The molecule has 11 nitrogen and oxygen atoms in total. The zero-order valence-corrected chi connectivity index (χ0v) is 35.5. The molecule has 5 aromatic rings. The maximum absolute atomic E-state index is 13.6. The van der Waals surface area contributed by atoms with E-state index in [1.807, 2.05) is 42.5 Å². The van der Waals surface area contributed by atoms with Gasteiger partial charge in [-0.15, -0.1) is 0 Å². The summed E-state index contributed by atoms with van der Waals surface area (Å²) in [6.45, 7) is 2.47. The number of nitrogens with one attached hydrogen (secondary N) is 2. The first-order valence-electron chi connectivity index (χ1n) is 19.8. The van der Waals surface area contributed by atoms with E-state index in [2.05, 4.69) is 19.8 Å². The lowest BCUT2D eigenvalue weighted by Gasteiger charge is -2.36. The van der Waals surface area contributed by atoms with E-state index < -0.39 is 46.2 Å². The number of thioether (sulfide) groups is 1. The summed E-state index contributed by atoms with van der Waals surface area (Å²) in [5.41, 5.74) is 6.12. The first kappa shape index (κ1) is 44.5. The highest BCUT2D eigenvalue weighted by Gasteiger charge is 2.32. The molecule has 0 spiro atoms. The largest absolute Gasteiger partial charge is 0.481 e. The van der Waals surface area contributed by atoms with Gasteiger partial charge in [-0.1, -0.05) is 29.8 Å². The summed E-state index contributed by atoms with van der Waals surface area (Å²) in [5.74, 6) is -2.25. The molecule has 6 N–H and O–H groups in total. The van der Waals surface area contributed by atoms with Gasteiger partial charge >= 0.3 is 11.5 Å². The molecule has 2 heterocycles. The topological polar surface area (TPSA) is 165 Å². The number of aliphatic carboxylic acids is 1. The van der Waals surface area contributed by atoms with Crippen molar-refractivity contribution >= 4 is 74.9 Å². The Kier molecular flexibility index (Phi) is 13.8. The highest BCUT2D eigenvalue weighted by Crippen LogP contribution is 2.41. The van der Waals surface area contributed by atoms with Gasteiger partial charge in [0.05, 0.1) is 16.9 Å². The summed E-state index contributed by atoms with van der Waals surface area (Å²) in [5, 5.41) is 24.8. The Morgan fingerprint density at radius 3 is 1.95 bits per heavy atom. The van der Waals surface area contributed by atoms with E-state index in [1.54, 1.807) is 48.5 Å². The van der Waals surface area contributed by atoms with Crippen LogP contribution in [0.5, 0.6) is 0 Å². The van der Waals surface area contributed by atoms with E-state index in [4.69, 9.17) is 17.3 Å². The van der Waals surface area contributed by atoms with E-state index in [0.717, 1.165) is 28.6 Å². The highest BCUT2D eigenvalue weighted by molar-refractivity contribution is 8.00. The predicted molar refractivity (Wildman–Crippen MR) is 237 cm³/mol. The number of carbonyl (C=O) groups is 3. The van der Waals surface area contributed by atoms with Crippen LogP contribution < -0.4 is 25.6 Å². The molecular formula is C45H43ClF3N5O6S2. The van der Waals surface area contributed by atoms with Crippen LogP contribution in [-0.2, 0) is 15.8 Å². The number of halogens is 4. The molecule has 0 bridgehead atoms. The number of piperidine rings is 2. The fourth-order valence-corrected chi connectivity index (χ4v) is 9.42. The van der Waals surface area contributed by atoms with Gasteiger partial charge in [-0.3, -0.25) is 19.1 Å². The van der Waals surface area contributed by atoms with Gasteiger partial charge in [0.25, 0.3) is 11.8 Å². The van der Waals surface area contributed by atoms with Gasteiger partial charge in [0, 0.05) is 70.0 Å². The number of aliphatic hydroxyl groups excluding tert-OH is 1. The average Bonchev–Trinajstić information content (AvgIpc) is 3.27. The second-order valence-electron chi connectivity index (χ2n) is 15.2. The number of nitrogens with zero attached hydrogens (tertiary/aromatic N) is 2. The summed E-state index contributed by atoms with van der Waals surface area (Å²) >= 11 is 5.77. The quantitative estimate of drug-likeness (QED) is 0.0602. The monoisotopic (exact) mass is 905 g/mol. The molecule has 2 aliphatic rings. The average molecular weight is 906 g/mol. The van der Waals surface area contributed by atoms with E-state index in [9.17, 15) is 42.0 Å². The fraction of sp³-hybridized carbons (Fsp3) is 0.267. The molecule has 7 rings (SSSR count). The first-order chi connectivity index (χ1) is 29.6. The van der Waals surface area contributed by atoms with Gasteiger partial charge in [0.15, 0.2) is 11.0 Å². The maximum atomic E-state index is 13.6. The van der Waals surface area contributed by atoms with E-state index in [-0.39, 0.29) is 38.8 Å². The van der Waals surface area contributed by atoms with Crippen LogP contribution in [0, 0.1) is 11.8 Å². The minimum Gasteiger partial charge on any atom is -0.481 e. The zero-order chi connectivity index (χ0) is 44.1. The van der Waals surface area contributed by atoms with Crippen LogP contribution in [0.2, 0.25) is 5.02 Å². The number of carbonyl (C=O) groups excluding carboxylic acids is 2. The van der Waals surface area contributed by atoms with Gasteiger partial charge in [-0.2, -0.15) is 13.2 Å². The van der Waals surface area contributed by atoms with Gasteiger partial charge in [0.2, 0.25) is 0 Å². The molecule has 2 fully saturated rings. The van der Waals surface area contributed by atoms with Crippen LogP contribution >= 0.6 is 23.4 Å². The molecule has 0 aromatic heterocycles. The lowest BCUT2D eigenvalue weighted by molar-refractivity contribution is -0.142. The molecule has 2 saturated heterocycles. The van der Waals surface area contributed by atoms with E-state index in [1.165, 1.54) is 12.1 Å². The van der Waals surface area contributed by atoms with Crippen molar-refractivity contribution in [2.24, 2.45) is 11.8 Å². The van der Waals surface area contributed by atoms with Crippen LogP contribution in [0.4, 0.5) is 35.9 Å². The Labute approximate surface area is 368 Å². The van der Waals surface area contributed by atoms with Gasteiger partial charge in [-0.25, -0.2) is 4.21 Å². The number of alkyl halides is 3. The number of aliphatic hydroxyl groups is 1. The SMILES string of the molecule is Nc1ccc(S(=O)NC(=O)c2ccc(N3CCC(C(O)c4cc(C(=O)Nc5ccc(N6CCC(C(=O)O)CC6)cc5)ccc4-c4ccc(Cl)cc4)CC3)cc2)cc1SC(F)(F)F. The van der Waals surface area contributed by atoms with Crippen LogP contribution in [-0.4, -0.2) is 63.9 Å². The predicted octanol–water partition coefficient (Wildman–Crippen LogP) is 9.16. The molecule has 2 atom stereocenters. The fourth-order valence-electron chi connectivity index (χ4n) is 7.78. The second kappa shape index (κ2) is 19.2. The molecular weight excluding hydrogens is 863 g/mol. The minimum atomic E-state index is -4.59. The van der Waals surface area contributed by atoms with Crippen LogP contribution in [0.3, 0.4) is 0 Å². The Morgan fingerprint density at radius 2 is 1.35 bits per heavy atom. The third-order valence-corrected chi connectivity index (χ3v) is 13.3. The summed E-state index contributed by atoms with van der Waals surface area (Å²) in [6, 6.07) is 30.2. The van der Waals surface area contributed by atoms with Crippen molar-refractivity contribution in [3.05, 3.63) is 131 Å². The Morgan fingerprint density at radius 1 is 0.774 bits per heavy atom. The van der Waals surface area contributed by atoms with Gasteiger partial charge in [0.1, 0.15) is 0 Å². The van der Waals surface area contributed by atoms with Gasteiger partial charge < -0.3 is 31.1 Å². The van der Waals surface area contributed by atoms with Crippen LogP contribution in [0.15, 0.2) is 119 Å². The minimum absolute atomic E-state index is 0.0353. The molecule has 0 aliphatic carbocycles. The van der Waals surface area contributed by atoms with Crippen molar-refractivity contribution in [2.75, 3.05) is 47.0 Å². The van der Waals surface area contributed by atoms with Crippen molar-refractivity contribution in [3.63, 3.8) is 0 Å². The molecule has 0 saturated carbocycles. The van der Waals surface area contributed by atoms with Crippen molar-refractivity contribution in [1.29, 1.82) is 0 Å². The molecule has 2 aliphatic heterocycles. The summed E-state index contributed by atoms with van der Waals surface area (Å²) in [4.78, 5) is 41.8. The van der Waals surface area contributed by atoms with E-state index >= 15 is 0 Å². The number of nitrogen functional groups attached to an aromatic ring is 1. The Bertz CT molecular complexity index is 2440. The molecule has 324 valence electrons. The summed E-state index contributed by atoms with van der Waals surface area (Å²) in [7, 11) is -2.14. The van der Waals surface area contributed by atoms with Gasteiger partial charge in [-0.05, 0) is 151 Å². The molecule has 2 amide bonds. The number of hydrogen-bond acceptors (Lipinski definition) is 9. The van der Waals surface area contributed by atoms with Crippen molar-refractivity contribution in [3.8, 4) is 11.1 Å². The third kappa shape index (κ3) is 10.9. The number of anilines is 4. The molecule has 17 heteroatoms. The van der Waals surface area contributed by atoms with Crippen molar-refractivity contribution < 1.29 is 42.0 Å². The third-order valence-electron chi connectivity index (χ3n) is 11.2. The van der Waals surface area contributed by atoms with Crippen molar-refractivity contribution in [2.45, 2.75) is 47.1 Å².